The maximum absolute atomic E-state index is 8.94. The maximum Gasteiger partial charge on any atom is 0.0587 e. The van der Waals surface area contributed by atoms with Crippen LogP contribution in [0.25, 0.3) is 0 Å². The zero-order valence-corrected chi connectivity index (χ0v) is 6.38. The van der Waals surface area contributed by atoms with Gasteiger partial charge < -0.3 is 10.4 Å². The first-order valence-corrected chi connectivity index (χ1v) is 4.18. The molecule has 0 aromatic carbocycles. The van der Waals surface area contributed by atoms with Gasteiger partial charge in [-0.2, -0.15) is 0 Å². The summed E-state index contributed by atoms with van der Waals surface area (Å²) < 4.78 is 0. The van der Waals surface area contributed by atoms with Gasteiger partial charge in [0, 0.05) is 12.1 Å². The first kappa shape index (κ1) is 6.62. The minimum Gasteiger partial charge on any atom is -0.395 e. The largest absolute Gasteiger partial charge is 0.395 e. The topological polar surface area (TPSA) is 32.3 Å². The fraction of sp³-hybridized carbons (Fsp3) is 1.00. The standard InChI is InChI=1S/C8H15NO/c1-5-6-2-7(3-6)9-8(5)4-10/h5-10H,2-4H2,1H3. The zero-order valence-electron chi connectivity index (χ0n) is 6.38. The number of nitrogens with one attached hydrogen (secondary N) is 1. The van der Waals surface area contributed by atoms with Crippen LogP contribution < -0.4 is 5.32 Å². The van der Waals surface area contributed by atoms with Crippen LogP contribution in [0.1, 0.15) is 19.8 Å². The molecule has 2 heterocycles. The molecular formula is C8H15NO. The van der Waals surface area contributed by atoms with Crippen molar-refractivity contribution in [2.75, 3.05) is 6.61 Å². The van der Waals surface area contributed by atoms with Gasteiger partial charge in [-0.15, -0.1) is 0 Å². The Morgan fingerprint density at radius 1 is 1.50 bits per heavy atom. The molecule has 1 aliphatic carbocycles. The summed E-state index contributed by atoms with van der Waals surface area (Å²) in [5.41, 5.74) is 0. The number of aliphatic hydroxyl groups is 1. The van der Waals surface area contributed by atoms with Crippen LogP contribution in [0.3, 0.4) is 0 Å². The average Bonchev–Trinajstić information content (AvgIpc) is 1.85. The van der Waals surface area contributed by atoms with Crippen molar-refractivity contribution in [1.29, 1.82) is 0 Å². The van der Waals surface area contributed by atoms with Gasteiger partial charge in [-0.1, -0.05) is 6.92 Å². The predicted molar refractivity (Wildman–Crippen MR) is 39.7 cm³/mol. The number of piperidine rings is 2. The van der Waals surface area contributed by atoms with Crippen molar-refractivity contribution in [3.63, 3.8) is 0 Å². The lowest BCUT2D eigenvalue weighted by molar-refractivity contribution is 0.0286. The van der Waals surface area contributed by atoms with Crippen LogP contribution >= 0.6 is 0 Å². The molecule has 2 heteroatoms. The average molecular weight is 141 g/mol. The van der Waals surface area contributed by atoms with Crippen molar-refractivity contribution in [2.24, 2.45) is 11.8 Å². The summed E-state index contributed by atoms with van der Waals surface area (Å²) in [6.45, 7) is 2.56. The Balaban J connectivity index is 1.99. The number of rotatable bonds is 1. The fourth-order valence-electron chi connectivity index (χ4n) is 2.23. The SMILES string of the molecule is CC1C2CC(C2)NC1CO. The normalized spacial score (nSPS) is 52.2. The minimum absolute atomic E-state index is 0.314. The fourth-order valence-corrected chi connectivity index (χ4v) is 2.23. The molecule has 3 rings (SSSR count). The van der Waals surface area contributed by atoms with Gasteiger partial charge in [0.1, 0.15) is 0 Å². The van der Waals surface area contributed by atoms with Crippen LogP contribution in [0.2, 0.25) is 0 Å². The van der Waals surface area contributed by atoms with E-state index in [1.54, 1.807) is 0 Å². The molecule has 0 amide bonds. The molecule has 2 atom stereocenters. The highest BCUT2D eigenvalue weighted by atomic mass is 16.3. The first-order chi connectivity index (χ1) is 4.81. The Kier molecular flexibility index (Phi) is 1.46. The summed E-state index contributed by atoms with van der Waals surface area (Å²) in [5.74, 6) is 1.60. The smallest absolute Gasteiger partial charge is 0.0587 e. The number of aliphatic hydroxyl groups excluding tert-OH is 1. The molecular weight excluding hydrogens is 126 g/mol. The summed E-state index contributed by atoms with van der Waals surface area (Å²) in [5, 5.41) is 12.4. The maximum atomic E-state index is 8.94. The highest BCUT2D eigenvalue weighted by Gasteiger charge is 2.42. The predicted octanol–water partition coefficient (Wildman–Crippen LogP) is 0.365. The third-order valence-corrected chi connectivity index (χ3v) is 3.20. The van der Waals surface area contributed by atoms with Crippen LogP contribution in [0.15, 0.2) is 0 Å². The lowest BCUT2D eigenvalue weighted by Gasteiger charge is -2.50. The lowest BCUT2D eigenvalue weighted by Crippen LogP contribution is -2.60. The van der Waals surface area contributed by atoms with Gasteiger partial charge in [0.2, 0.25) is 0 Å². The first-order valence-electron chi connectivity index (χ1n) is 4.18. The number of hydrogen-bond acceptors (Lipinski definition) is 2. The van der Waals surface area contributed by atoms with Gasteiger partial charge >= 0.3 is 0 Å². The molecule has 3 fully saturated rings. The van der Waals surface area contributed by atoms with Crippen molar-refractivity contribution in [1.82, 2.24) is 5.32 Å². The molecule has 0 aromatic heterocycles. The Morgan fingerprint density at radius 2 is 2.20 bits per heavy atom. The van der Waals surface area contributed by atoms with E-state index in [4.69, 9.17) is 5.11 Å². The molecule has 0 radical (unpaired) electrons. The molecule has 2 saturated heterocycles. The molecule has 2 N–H and O–H groups in total. The molecule has 3 aliphatic rings. The third kappa shape index (κ3) is 0.789. The van der Waals surface area contributed by atoms with E-state index < -0.39 is 0 Å². The van der Waals surface area contributed by atoms with E-state index in [2.05, 4.69) is 12.2 Å². The quantitative estimate of drug-likeness (QED) is 0.553. The summed E-state index contributed by atoms with van der Waals surface area (Å²) >= 11 is 0. The molecule has 2 nitrogen and oxygen atoms in total. The molecule has 2 bridgehead atoms. The molecule has 0 spiro atoms. The summed E-state index contributed by atoms with van der Waals surface area (Å²) in [7, 11) is 0. The van der Waals surface area contributed by atoms with Gasteiger partial charge in [0.05, 0.1) is 6.61 Å². The van der Waals surface area contributed by atoms with E-state index >= 15 is 0 Å². The number of hydrogen-bond donors (Lipinski definition) is 2. The summed E-state index contributed by atoms with van der Waals surface area (Å²) in [4.78, 5) is 0. The monoisotopic (exact) mass is 141 g/mol. The van der Waals surface area contributed by atoms with Crippen LogP contribution in [0.5, 0.6) is 0 Å². The van der Waals surface area contributed by atoms with Gasteiger partial charge in [-0.05, 0) is 24.7 Å². The molecule has 58 valence electrons. The minimum atomic E-state index is 0.314. The van der Waals surface area contributed by atoms with Crippen molar-refractivity contribution in [2.45, 2.75) is 31.8 Å². The van der Waals surface area contributed by atoms with Crippen molar-refractivity contribution < 1.29 is 5.11 Å². The van der Waals surface area contributed by atoms with E-state index in [0.717, 1.165) is 12.0 Å². The second kappa shape index (κ2) is 2.21. The lowest BCUT2D eigenvalue weighted by atomic mass is 9.66. The van der Waals surface area contributed by atoms with E-state index in [-0.39, 0.29) is 0 Å². The van der Waals surface area contributed by atoms with E-state index in [0.29, 0.717) is 18.6 Å². The Morgan fingerprint density at radius 3 is 2.60 bits per heavy atom. The Bertz CT molecular complexity index is 131. The van der Waals surface area contributed by atoms with E-state index in [9.17, 15) is 0 Å². The third-order valence-electron chi connectivity index (χ3n) is 3.20. The summed E-state index contributed by atoms with van der Waals surface area (Å²) in [6.07, 6.45) is 2.69. The van der Waals surface area contributed by atoms with Crippen LogP contribution in [0.4, 0.5) is 0 Å². The van der Waals surface area contributed by atoms with Gasteiger partial charge in [-0.3, -0.25) is 0 Å². The second-order valence-corrected chi connectivity index (χ2v) is 3.74. The number of fused-ring (bicyclic) bond motifs is 2. The van der Waals surface area contributed by atoms with Crippen molar-refractivity contribution >= 4 is 0 Å². The van der Waals surface area contributed by atoms with Crippen LogP contribution in [-0.2, 0) is 0 Å². The van der Waals surface area contributed by atoms with Gasteiger partial charge in [0.25, 0.3) is 0 Å². The highest BCUT2D eigenvalue weighted by Crippen LogP contribution is 2.40. The molecule has 0 aromatic rings. The molecule has 1 saturated carbocycles. The molecule has 2 unspecified atom stereocenters. The second-order valence-electron chi connectivity index (χ2n) is 3.74. The van der Waals surface area contributed by atoms with Crippen LogP contribution in [-0.4, -0.2) is 23.8 Å². The van der Waals surface area contributed by atoms with Gasteiger partial charge in [-0.25, -0.2) is 0 Å². The molecule has 10 heavy (non-hydrogen) atoms. The van der Waals surface area contributed by atoms with E-state index in [1.807, 2.05) is 0 Å². The Labute approximate surface area is 61.6 Å². The Hall–Kier alpha value is -0.0800. The van der Waals surface area contributed by atoms with E-state index in [1.165, 1.54) is 12.8 Å². The highest BCUT2D eigenvalue weighted by molar-refractivity contribution is 4.98. The van der Waals surface area contributed by atoms with Gasteiger partial charge in [0.15, 0.2) is 0 Å². The summed E-state index contributed by atoms with van der Waals surface area (Å²) in [6, 6.07) is 1.12. The van der Waals surface area contributed by atoms with Crippen molar-refractivity contribution in [3.05, 3.63) is 0 Å². The van der Waals surface area contributed by atoms with Crippen LogP contribution in [0, 0.1) is 11.8 Å². The zero-order chi connectivity index (χ0) is 7.14. The van der Waals surface area contributed by atoms with Crippen molar-refractivity contribution in [3.8, 4) is 0 Å². The molecule has 2 aliphatic heterocycles.